The third-order valence-corrected chi connectivity index (χ3v) is 2.69. The highest BCUT2D eigenvalue weighted by atomic mass is 15.1. The maximum Gasteiger partial charge on any atom is 0.199 e. The van der Waals surface area contributed by atoms with E-state index in [1.165, 1.54) is 12.7 Å². The van der Waals surface area contributed by atoms with Gasteiger partial charge in [0.25, 0.3) is 0 Å². The van der Waals surface area contributed by atoms with Crippen LogP contribution in [0.5, 0.6) is 0 Å². The molecular formula is C10H7N9. The van der Waals surface area contributed by atoms with Crippen LogP contribution in [0.4, 0.5) is 5.82 Å². The van der Waals surface area contributed by atoms with Crippen LogP contribution in [-0.4, -0.2) is 39.9 Å². The second-order valence-corrected chi connectivity index (χ2v) is 3.88. The molecule has 0 saturated heterocycles. The first-order valence-electron chi connectivity index (χ1n) is 5.44. The number of aromatic amines is 2. The molecule has 0 saturated carbocycles. The quantitative estimate of drug-likeness (QED) is 0.443. The van der Waals surface area contributed by atoms with E-state index in [0.717, 1.165) is 0 Å². The van der Waals surface area contributed by atoms with Crippen LogP contribution in [0.2, 0.25) is 0 Å². The lowest BCUT2D eigenvalue weighted by Crippen LogP contribution is -1.98. The molecule has 0 aromatic carbocycles. The Kier molecular flexibility index (Phi) is 1.79. The summed E-state index contributed by atoms with van der Waals surface area (Å²) in [6, 6.07) is 0. The molecule has 9 heteroatoms. The fraction of sp³-hybridized carbons (Fsp3) is 0. The van der Waals surface area contributed by atoms with Crippen molar-refractivity contribution in [1.29, 1.82) is 0 Å². The average Bonchev–Trinajstić information content (AvgIpc) is 3.04. The van der Waals surface area contributed by atoms with Crippen molar-refractivity contribution < 1.29 is 0 Å². The molecule has 0 aliphatic rings. The second kappa shape index (κ2) is 3.45. The lowest BCUT2D eigenvalue weighted by atomic mass is 10.4. The van der Waals surface area contributed by atoms with E-state index in [2.05, 4.69) is 39.9 Å². The number of aromatic nitrogens is 8. The summed E-state index contributed by atoms with van der Waals surface area (Å²) in [7, 11) is 0. The molecule has 0 spiro atoms. The van der Waals surface area contributed by atoms with E-state index >= 15 is 0 Å². The van der Waals surface area contributed by atoms with Gasteiger partial charge in [-0.2, -0.15) is 0 Å². The van der Waals surface area contributed by atoms with E-state index in [1.54, 1.807) is 6.20 Å². The molecule has 0 fully saturated rings. The van der Waals surface area contributed by atoms with Gasteiger partial charge in [0, 0.05) is 0 Å². The van der Waals surface area contributed by atoms with Gasteiger partial charge in [-0.3, -0.25) is 0 Å². The molecule has 4 heterocycles. The number of H-pyrrole nitrogens is 2. The summed E-state index contributed by atoms with van der Waals surface area (Å²) < 4.78 is 0. The van der Waals surface area contributed by atoms with E-state index in [4.69, 9.17) is 5.73 Å². The minimum absolute atomic E-state index is 0.323. The average molecular weight is 253 g/mol. The molecule has 9 nitrogen and oxygen atoms in total. The molecule has 4 rings (SSSR count). The Labute approximate surface area is 105 Å². The van der Waals surface area contributed by atoms with Gasteiger partial charge in [-0.1, -0.05) is 0 Å². The molecule has 4 aromatic rings. The third-order valence-electron chi connectivity index (χ3n) is 2.69. The lowest BCUT2D eigenvalue weighted by Gasteiger charge is -1.98. The predicted octanol–water partition coefficient (Wildman–Crippen LogP) is 0.268. The monoisotopic (exact) mass is 253 g/mol. The van der Waals surface area contributed by atoms with Crippen molar-refractivity contribution in [1.82, 2.24) is 39.9 Å². The van der Waals surface area contributed by atoms with Crippen molar-refractivity contribution in [3.8, 4) is 11.6 Å². The maximum absolute atomic E-state index is 5.84. The minimum atomic E-state index is 0.323. The summed E-state index contributed by atoms with van der Waals surface area (Å²) >= 11 is 0. The summed E-state index contributed by atoms with van der Waals surface area (Å²) in [6.07, 6.45) is 4.58. The zero-order valence-electron chi connectivity index (χ0n) is 9.49. The summed E-state index contributed by atoms with van der Waals surface area (Å²) in [5, 5.41) is 0. The number of imidazole rings is 2. The molecule has 0 bridgehead atoms. The molecule has 19 heavy (non-hydrogen) atoms. The van der Waals surface area contributed by atoms with Crippen LogP contribution >= 0.6 is 0 Å². The minimum Gasteiger partial charge on any atom is -0.382 e. The molecule has 0 radical (unpaired) electrons. The maximum atomic E-state index is 5.84. The molecule has 0 atom stereocenters. The Morgan fingerprint density at radius 1 is 1.05 bits per heavy atom. The van der Waals surface area contributed by atoms with Crippen LogP contribution in [0.15, 0.2) is 18.9 Å². The summed E-state index contributed by atoms with van der Waals surface area (Å²) in [5.41, 5.74) is 8.21. The highest BCUT2D eigenvalue weighted by Crippen LogP contribution is 2.20. The van der Waals surface area contributed by atoms with Gasteiger partial charge < -0.3 is 15.7 Å². The van der Waals surface area contributed by atoms with Crippen molar-refractivity contribution in [3.05, 3.63) is 18.9 Å². The standard InChI is InChI=1S/C10H7N9/c11-6-5-8(15-3-13-5)19-10(17-6)9-16-4-1-12-2-14-7(4)18-9/h1-3H,(H,12,14,16,18)(H3,11,13,15,17,19). The molecule has 92 valence electrons. The van der Waals surface area contributed by atoms with Crippen LogP contribution in [0, 0.1) is 0 Å². The highest BCUT2D eigenvalue weighted by Gasteiger charge is 2.13. The zero-order valence-corrected chi connectivity index (χ0v) is 9.49. The molecule has 4 N–H and O–H groups in total. The van der Waals surface area contributed by atoms with Gasteiger partial charge >= 0.3 is 0 Å². The van der Waals surface area contributed by atoms with Crippen LogP contribution < -0.4 is 5.73 Å². The topological polar surface area (TPSA) is 135 Å². The van der Waals surface area contributed by atoms with E-state index in [9.17, 15) is 0 Å². The first-order chi connectivity index (χ1) is 9.31. The normalized spacial score (nSPS) is 11.4. The number of anilines is 1. The number of nitrogen functional groups attached to an aromatic ring is 1. The fourth-order valence-corrected chi connectivity index (χ4v) is 1.83. The van der Waals surface area contributed by atoms with Gasteiger partial charge in [0.05, 0.1) is 12.5 Å². The number of nitrogens with zero attached hydrogens (tertiary/aromatic N) is 6. The van der Waals surface area contributed by atoms with Gasteiger partial charge in [0.1, 0.15) is 17.4 Å². The SMILES string of the molecule is Nc1nc(-c2nc3ncncc3[nH]2)nc2nc[nH]c12. The Morgan fingerprint density at radius 2 is 2.00 bits per heavy atom. The molecule has 0 aliphatic carbocycles. The Bertz CT molecular complexity index is 857. The largest absolute Gasteiger partial charge is 0.382 e. The summed E-state index contributed by atoms with van der Waals surface area (Å²) in [5.74, 6) is 1.17. The van der Waals surface area contributed by atoms with Gasteiger partial charge in [0.15, 0.2) is 28.8 Å². The first-order valence-corrected chi connectivity index (χ1v) is 5.44. The van der Waals surface area contributed by atoms with Gasteiger partial charge in [0.2, 0.25) is 0 Å². The number of hydrogen-bond acceptors (Lipinski definition) is 7. The smallest absolute Gasteiger partial charge is 0.199 e. The molecule has 4 aromatic heterocycles. The van der Waals surface area contributed by atoms with Crippen molar-refractivity contribution in [2.45, 2.75) is 0 Å². The second-order valence-electron chi connectivity index (χ2n) is 3.88. The van der Waals surface area contributed by atoms with E-state index in [-0.39, 0.29) is 0 Å². The summed E-state index contributed by atoms with van der Waals surface area (Å²) in [4.78, 5) is 30.7. The van der Waals surface area contributed by atoms with Crippen molar-refractivity contribution in [2.24, 2.45) is 0 Å². The van der Waals surface area contributed by atoms with Crippen molar-refractivity contribution in [3.63, 3.8) is 0 Å². The van der Waals surface area contributed by atoms with E-state index in [0.29, 0.717) is 39.8 Å². The zero-order chi connectivity index (χ0) is 12.8. The predicted molar refractivity (Wildman–Crippen MR) is 66.8 cm³/mol. The summed E-state index contributed by atoms with van der Waals surface area (Å²) in [6.45, 7) is 0. The van der Waals surface area contributed by atoms with Crippen LogP contribution in [0.3, 0.4) is 0 Å². The molecule has 0 amide bonds. The Balaban J connectivity index is 1.97. The number of fused-ring (bicyclic) bond motifs is 2. The first kappa shape index (κ1) is 9.88. The number of rotatable bonds is 1. The van der Waals surface area contributed by atoms with Gasteiger partial charge in [-0.05, 0) is 0 Å². The van der Waals surface area contributed by atoms with E-state index in [1.807, 2.05) is 0 Å². The number of nitrogens with one attached hydrogen (secondary N) is 2. The van der Waals surface area contributed by atoms with Crippen LogP contribution in [0.25, 0.3) is 34.0 Å². The van der Waals surface area contributed by atoms with Gasteiger partial charge in [-0.25, -0.2) is 29.9 Å². The molecule has 0 aliphatic heterocycles. The van der Waals surface area contributed by atoms with Crippen LogP contribution in [-0.2, 0) is 0 Å². The molecule has 0 unspecified atom stereocenters. The van der Waals surface area contributed by atoms with Gasteiger partial charge in [-0.15, -0.1) is 0 Å². The molecular weight excluding hydrogens is 246 g/mol. The number of hydrogen-bond donors (Lipinski definition) is 3. The Morgan fingerprint density at radius 3 is 2.89 bits per heavy atom. The third kappa shape index (κ3) is 1.41. The van der Waals surface area contributed by atoms with Crippen LogP contribution in [0.1, 0.15) is 0 Å². The van der Waals surface area contributed by atoms with Crippen molar-refractivity contribution in [2.75, 3.05) is 5.73 Å². The van der Waals surface area contributed by atoms with E-state index < -0.39 is 0 Å². The Hall–Kier alpha value is -3.10. The highest BCUT2D eigenvalue weighted by molar-refractivity contribution is 5.83. The lowest BCUT2D eigenvalue weighted by molar-refractivity contribution is 1.15. The van der Waals surface area contributed by atoms with Crippen molar-refractivity contribution >= 4 is 28.1 Å². The number of nitrogens with two attached hydrogens (primary N) is 1. The fourth-order valence-electron chi connectivity index (χ4n) is 1.83.